The molecule has 1 aliphatic heterocycles. The van der Waals surface area contributed by atoms with E-state index in [-0.39, 0.29) is 12.0 Å². The predicted molar refractivity (Wildman–Crippen MR) is 79.8 cm³/mol. The van der Waals surface area contributed by atoms with Crippen LogP contribution in [-0.2, 0) is 0 Å². The number of allylic oxidation sites excluding steroid dienone is 2. The molecule has 1 aromatic rings. The Hall–Kier alpha value is -1.63. The summed E-state index contributed by atoms with van der Waals surface area (Å²) in [5, 5.41) is 1.96. The third-order valence-corrected chi connectivity index (χ3v) is 4.28. The van der Waals surface area contributed by atoms with Crippen molar-refractivity contribution >= 4 is 24.0 Å². The highest BCUT2D eigenvalue weighted by Crippen LogP contribution is 2.35. The maximum Gasteiger partial charge on any atom is 0.433 e. The SMILES string of the molecule is C=N/C(=N\C(=C/C)C(F)(F)F)N1CCCC1c1cccs1. The first-order valence-corrected chi connectivity index (χ1v) is 7.44. The summed E-state index contributed by atoms with van der Waals surface area (Å²) in [6.45, 7) is 5.32. The van der Waals surface area contributed by atoms with E-state index < -0.39 is 11.9 Å². The smallest absolute Gasteiger partial charge is 0.333 e. The van der Waals surface area contributed by atoms with Crippen LogP contribution in [0.4, 0.5) is 13.2 Å². The third kappa shape index (κ3) is 3.53. The Kier molecular flexibility index (Phi) is 4.82. The van der Waals surface area contributed by atoms with Crippen LogP contribution in [0.1, 0.15) is 30.7 Å². The van der Waals surface area contributed by atoms with Crippen molar-refractivity contribution in [3.05, 3.63) is 34.2 Å². The van der Waals surface area contributed by atoms with E-state index in [1.165, 1.54) is 6.92 Å². The maximum absolute atomic E-state index is 12.8. The molecular weight excluding hydrogens is 299 g/mol. The summed E-state index contributed by atoms with van der Waals surface area (Å²) in [7, 11) is 0. The molecule has 2 heterocycles. The number of rotatable bonds is 2. The van der Waals surface area contributed by atoms with Gasteiger partial charge in [-0.05, 0) is 37.9 Å². The molecule has 0 amide bonds. The summed E-state index contributed by atoms with van der Waals surface area (Å²) in [6.07, 6.45) is -1.76. The summed E-state index contributed by atoms with van der Waals surface area (Å²) < 4.78 is 38.5. The molecule has 2 rings (SSSR count). The highest BCUT2D eigenvalue weighted by molar-refractivity contribution is 7.10. The van der Waals surface area contributed by atoms with E-state index in [0.717, 1.165) is 23.8 Å². The monoisotopic (exact) mass is 315 g/mol. The van der Waals surface area contributed by atoms with Crippen LogP contribution in [0.2, 0.25) is 0 Å². The van der Waals surface area contributed by atoms with E-state index in [1.54, 1.807) is 16.2 Å². The lowest BCUT2D eigenvalue weighted by molar-refractivity contribution is -0.0925. The molecule has 1 unspecified atom stereocenters. The lowest BCUT2D eigenvalue weighted by atomic mass is 10.2. The van der Waals surface area contributed by atoms with Gasteiger partial charge >= 0.3 is 6.18 Å². The van der Waals surface area contributed by atoms with Crippen molar-refractivity contribution in [1.29, 1.82) is 0 Å². The molecule has 0 N–H and O–H groups in total. The molecule has 21 heavy (non-hydrogen) atoms. The predicted octanol–water partition coefficient (Wildman–Crippen LogP) is 4.41. The summed E-state index contributed by atoms with van der Waals surface area (Å²) in [5.74, 6) is 0.0383. The Balaban J connectivity index is 2.30. The molecule has 1 aliphatic rings. The number of alkyl halides is 3. The molecule has 0 aliphatic carbocycles. The molecule has 1 saturated heterocycles. The Morgan fingerprint density at radius 3 is 2.81 bits per heavy atom. The van der Waals surface area contributed by atoms with Gasteiger partial charge in [-0.1, -0.05) is 12.1 Å². The molecule has 114 valence electrons. The fourth-order valence-corrected chi connectivity index (χ4v) is 3.25. The molecule has 0 aromatic carbocycles. The summed E-state index contributed by atoms with van der Waals surface area (Å²) in [4.78, 5) is 10.3. The van der Waals surface area contributed by atoms with Gasteiger partial charge in [-0.15, -0.1) is 11.3 Å². The topological polar surface area (TPSA) is 28.0 Å². The Morgan fingerprint density at radius 1 is 1.52 bits per heavy atom. The van der Waals surface area contributed by atoms with Crippen molar-refractivity contribution in [2.24, 2.45) is 9.98 Å². The third-order valence-electron chi connectivity index (χ3n) is 3.31. The van der Waals surface area contributed by atoms with Crippen LogP contribution in [0.3, 0.4) is 0 Å². The van der Waals surface area contributed by atoms with Crippen LogP contribution < -0.4 is 0 Å². The summed E-state index contributed by atoms with van der Waals surface area (Å²) in [5.41, 5.74) is -0.943. The number of thiophene rings is 1. The van der Waals surface area contributed by atoms with Crippen LogP contribution in [0.25, 0.3) is 0 Å². The number of halogens is 3. The zero-order valence-corrected chi connectivity index (χ0v) is 12.4. The second-order valence-corrected chi connectivity index (χ2v) is 5.59. The minimum Gasteiger partial charge on any atom is -0.333 e. The average molecular weight is 315 g/mol. The highest BCUT2D eigenvalue weighted by Gasteiger charge is 2.35. The van der Waals surface area contributed by atoms with Gasteiger partial charge in [0.05, 0.1) is 6.04 Å². The Morgan fingerprint density at radius 2 is 2.29 bits per heavy atom. The molecule has 0 bridgehead atoms. The average Bonchev–Trinajstić information content (AvgIpc) is 3.08. The van der Waals surface area contributed by atoms with Gasteiger partial charge in [0.25, 0.3) is 0 Å². The van der Waals surface area contributed by atoms with Gasteiger partial charge < -0.3 is 4.90 Å². The molecule has 1 fully saturated rings. The van der Waals surface area contributed by atoms with Crippen molar-refractivity contribution in [3.8, 4) is 0 Å². The van der Waals surface area contributed by atoms with Gasteiger partial charge in [-0.25, -0.2) is 9.98 Å². The van der Waals surface area contributed by atoms with E-state index in [0.29, 0.717) is 6.54 Å². The van der Waals surface area contributed by atoms with Gasteiger partial charge in [0.15, 0.2) is 0 Å². The standard InChI is InChI=1S/C14H16F3N3S/c1-3-12(14(15,16)17)19-13(18-2)20-8-4-6-10(20)11-7-5-9-21-11/h3,5,7,9-10H,2,4,6,8H2,1H3/b12-3-,19-13+. The van der Waals surface area contributed by atoms with Crippen LogP contribution >= 0.6 is 11.3 Å². The first-order valence-electron chi connectivity index (χ1n) is 6.56. The molecule has 3 nitrogen and oxygen atoms in total. The molecule has 1 atom stereocenters. The molecule has 0 saturated carbocycles. The molecular formula is C14H16F3N3S. The van der Waals surface area contributed by atoms with Gasteiger partial charge in [0.1, 0.15) is 5.70 Å². The number of guanidine groups is 1. The largest absolute Gasteiger partial charge is 0.433 e. The maximum atomic E-state index is 12.8. The number of hydrogen-bond donors (Lipinski definition) is 0. The van der Waals surface area contributed by atoms with Gasteiger partial charge in [-0.2, -0.15) is 13.2 Å². The Bertz CT molecular complexity index is 546. The van der Waals surface area contributed by atoms with E-state index in [2.05, 4.69) is 16.7 Å². The van der Waals surface area contributed by atoms with Crippen molar-refractivity contribution in [2.75, 3.05) is 6.54 Å². The lowest BCUT2D eigenvalue weighted by Crippen LogP contribution is -2.29. The van der Waals surface area contributed by atoms with Crippen LogP contribution in [0.5, 0.6) is 0 Å². The normalized spacial score (nSPS) is 21.0. The quantitative estimate of drug-likeness (QED) is 0.587. The number of aliphatic imine (C=N–C) groups is 2. The second-order valence-electron chi connectivity index (χ2n) is 4.61. The summed E-state index contributed by atoms with van der Waals surface area (Å²) in [6, 6.07) is 3.94. The van der Waals surface area contributed by atoms with Gasteiger partial charge in [0.2, 0.25) is 5.96 Å². The van der Waals surface area contributed by atoms with E-state index >= 15 is 0 Å². The van der Waals surface area contributed by atoms with Crippen LogP contribution in [-0.4, -0.2) is 30.3 Å². The van der Waals surface area contributed by atoms with Crippen LogP contribution in [0, 0.1) is 0 Å². The number of hydrogen-bond acceptors (Lipinski definition) is 2. The molecule has 1 aromatic heterocycles. The summed E-state index contributed by atoms with van der Waals surface area (Å²) >= 11 is 1.59. The fraction of sp³-hybridized carbons (Fsp3) is 0.429. The first kappa shape index (κ1) is 15.8. The fourth-order valence-electron chi connectivity index (χ4n) is 2.37. The van der Waals surface area contributed by atoms with Crippen molar-refractivity contribution < 1.29 is 13.2 Å². The molecule has 7 heteroatoms. The van der Waals surface area contributed by atoms with Crippen molar-refractivity contribution in [3.63, 3.8) is 0 Å². The highest BCUT2D eigenvalue weighted by atomic mass is 32.1. The Labute approximate surface area is 125 Å². The van der Waals surface area contributed by atoms with Crippen molar-refractivity contribution in [1.82, 2.24) is 4.90 Å². The molecule has 0 radical (unpaired) electrons. The van der Waals surface area contributed by atoms with Gasteiger partial charge in [-0.3, -0.25) is 0 Å². The minimum atomic E-state index is -4.48. The van der Waals surface area contributed by atoms with Gasteiger partial charge in [0, 0.05) is 11.4 Å². The molecule has 0 spiro atoms. The zero-order valence-electron chi connectivity index (χ0n) is 11.6. The van der Waals surface area contributed by atoms with Crippen molar-refractivity contribution in [2.45, 2.75) is 32.0 Å². The van der Waals surface area contributed by atoms with E-state index in [4.69, 9.17) is 0 Å². The first-order chi connectivity index (χ1) is 9.97. The van der Waals surface area contributed by atoms with Crippen LogP contribution in [0.15, 0.2) is 39.3 Å². The zero-order chi connectivity index (χ0) is 15.5. The minimum absolute atomic E-state index is 0.0283. The second kappa shape index (κ2) is 6.43. The lowest BCUT2D eigenvalue weighted by Gasteiger charge is -2.25. The number of nitrogens with zero attached hydrogens (tertiary/aromatic N) is 3. The van der Waals surface area contributed by atoms with E-state index in [9.17, 15) is 13.2 Å². The number of likely N-dealkylation sites (tertiary alicyclic amines) is 1. The van der Waals surface area contributed by atoms with E-state index in [1.807, 2.05) is 17.5 Å².